The number of carbonyl (C=O) groups is 3. The molecule has 1 atom stereocenters. The van der Waals surface area contributed by atoms with Gasteiger partial charge in [0.25, 0.3) is 5.91 Å². The van der Waals surface area contributed by atoms with Crippen molar-refractivity contribution in [2.45, 2.75) is 25.5 Å². The molecule has 2 aliphatic heterocycles. The molecular formula is C20H23F3N8O5. The van der Waals surface area contributed by atoms with Crippen molar-refractivity contribution in [2.24, 2.45) is 0 Å². The number of nitrogens with one attached hydrogen (secondary N) is 1. The van der Waals surface area contributed by atoms with E-state index in [9.17, 15) is 23.2 Å². The van der Waals surface area contributed by atoms with Crippen LogP contribution in [0.25, 0.3) is 0 Å². The van der Waals surface area contributed by atoms with Gasteiger partial charge in [0.2, 0.25) is 5.91 Å². The van der Waals surface area contributed by atoms with Crippen molar-refractivity contribution in [3.8, 4) is 0 Å². The average molecular weight is 512 g/mol. The Labute approximate surface area is 202 Å². The number of anilines is 2. The van der Waals surface area contributed by atoms with Crippen molar-refractivity contribution in [3.05, 3.63) is 30.3 Å². The summed E-state index contributed by atoms with van der Waals surface area (Å²) in [5.41, 5.74) is 0.477. The van der Waals surface area contributed by atoms with Gasteiger partial charge < -0.3 is 15.0 Å². The number of aryl methyl sites for hydroxylation is 1. The van der Waals surface area contributed by atoms with E-state index < -0.39 is 30.3 Å². The number of halogens is 3. The van der Waals surface area contributed by atoms with Crippen molar-refractivity contribution in [3.63, 3.8) is 0 Å². The van der Waals surface area contributed by atoms with E-state index in [0.717, 1.165) is 11.0 Å². The third-order valence-electron chi connectivity index (χ3n) is 5.54. The largest absolute Gasteiger partial charge is 0.442 e. The quantitative estimate of drug-likeness (QED) is 0.526. The second-order valence-electron chi connectivity index (χ2n) is 7.90. The number of hydrogen-bond acceptors (Lipinski definition) is 9. The number of carbonyl (C=O) groups excluding carboxylic acids is 3. The van der Waals surface area contributed by atoms with Crippen molar-refractivity contribution < 1.29 is 37.1 Å². The van der Waals surface area contributed by atoms with Crippen LogP contribution < -0.4 is 15.1 Å². The summed E-state index contributed by atoms with van der Waals surface area (Å²) in [5, 5.41) is 14.3. The lowest BCUT2D eigenvalue weighted by molar-refractivity contribution is -0.182. The molecule has 0 radical (unpaired) electrons. The molecule has 1 N–H and O–H groups in total. The number of amides is 3. The number of alkyl halides is 2. The molecule has 0 saturated carbocycles. The highest BCUT2D eigenvalue weighted by atomic mass is 19.3. The Kier molecular flexibility index (Phi) is 7.82. The zero-order valence-corrected chi connectivity index (χ0v) is 18.9. The minimum atomic E-state index is -3.17. The maximum Gasteiger partial charge on any atom is 0.414 e. The molecule has 3 amide bonds. The summed E-state index contributed by atoms with van der Waals surface area (Å²) >= 11 is 0. The Bertz CT molecular complexity index is 1090. The van der Waals surface area contributed by atoms with Crippen LogP contribution in [0.2, 0.25) is 0 Å². The molecule has 2 aromatic rings. The maximum atomic E-state index is 15.0. The van der Waals surface area contributed by atoms with Gasteiger partial charge >= 0.3 is 12.5 Å². The Morgan fingerprint density at radius 1 is 1.22 bits per heavy atom. The topological polar surface area (TPSA) is 135 Å². The van der Waals surface area contributed by atoms with E-state index in [0.29, 0.717) is 13.1 Å². The van der Waals surface area contributed by atoms with Gasteiger partial charge in [-0.1, -0.05) is 0 Å². The average Bonchev–Trinajstić information content (AvgIpc) is 3.44. The predicted octanol–water partition coefficient (Wildman–Crippen LogP) is 0.189. The molecular weight excluding hydrogens is 489 g/mol. The van der Waals surface area contributed by atoms with Gasteiger partial charge in [-0.25, -0.2) is 14.2 Å². The van der Waals surface area contributed by atoms with Crippen LogP contribution in [0.15, 0.2) is 24.5 Å². The fraction of sp³-hybridized carbons (Fsp3) is 0.500. The van der Waals surface area contributed by atoms with Gasteiger partial charge in [-0.2, -0.15) is 13.6 Å². The molecule has 2 aliphatic rings. The minimum Gasteiger partial charge on any atom is -0.442 e. The van der Waals surface area contributed by atoms with Gasteiger partial charge in [-0.05, 0) is 23.4 Å². The number of rotatable bonds is 8. The molecule has 0 aliphatic carbocycles. The van der Waals surface area contributed by atoms with E-state index in [2.05, 4.69) is 15.4 Å². The van der Waals surface area contributed by atoms with Crippen LogP contribution in [0.4, 0.5) is 29.3 Å². The first-order valence-corrected chi connectivity index (χ1v) is 11.0. The highest BCUT2D eigenvalue weighted by Gasteiger charge is 2.33. The highest BCUT2D eigenvalue weighted by Crippen LogP contribution is 2.28. The van der Waals surface area contributed by atoms with E-state index in [1.54, 1.807) is 4.90 Å². The van der Waals surface area contributed by atoms with Gasteiger partial charge in [-0.3, -0.25) is 19.3 Å². The van der Waals surface area contributed by atoms with Crippen LogP contribution in [0.5, 0.6) is 0 Å². The molecule has 1 aromatic heterocycles. The second kappa shape index (κ2) is 11.2. The van der Waals surface area contributed by atoms with Gasteiger partial charge in [0.1, 0.15) is 11.9 Å². The van der Waals surface area contributed by atoms with Crippen LogP contribution in [0, 0.1) is 5.82 Å². The number of nitrogens with zero attached hydrogens (tertiary/aromatic N) is 7. The number of ether oxygens (including phenoxy) is 1. The Hall–Kier alpha value is -3.95. The van der Waals surface area contributed by atoms with E-state index in [1.165, 1.54) is 28.3 Å². The summed E-state index contributed by atoms with van der Waals surface area (Å²) in [4.78, 5) is 45.3. The van der Waals surface area contributed by atoms with Crippen LogP contribution >= 0.6 is 0 Å². The van der Waals surface area contributed by atoms with E-state index in [4.69, 9.17) is 9.57 Å². The van der Waals surface area contributed by atoms with Crippen LogP contribution in [0.1, 0.15) is 6.42 Å². The van der Waals surface area contributed by atoms with Crippen LogP contribution in [-0.4, -0.2) is 95.0 Å². The van der Waals surface area contributed by atoms with Crippen molar-refractivity contribution in [1.82, 2.24) is 30.6 Å². The highest BCUT2D eigenvalue weighted by molar-refractivity contribution is 5.90. The normalized spacial score (nSPS) is 18.4. The first-order chi connectivity index (χ1) is 17.3. The SMILES string of the molecule is O=C(NC[C@H]1CN(c2ccc(N3CCON(C(=O)CCn4ncnn4)CC3)c(F)c2)C(=O)O1)C(F)F. The van der Waals surface area contributed by atoms with Crippen molar-refractivity contribution in [2.75, 3.05) is 49.1 Å². The summed E-state index contributed by atoms with van der Waals surface area (Å²) in [6, 6.07) is 4.19. The monoisotopic (exact) mass is 512 g/mol. The molecule has 4 rings (SSSR count). The number of aromatic nitrogens is 4. The summed E-state index contributed by atoms with van der Waals surface area (Å²) in [6.45, 7) is 0.902. The number of hydroxylamine groups is 2. The Balaban J connectivity index is 1.32. The van der Waals surface area contributed by atoms with Gasteiger partial charge in [-0.15, -0.1) is 10.2 Å². The number of hydrogen-bond donors (Lipinski definition) is 1. The third kappa shape index (κ3) is 5.99. The molecule has 3 heterocycles. The standard InChI is InChI=1S/C20H23F3N8O5/c21-15-9-13(29-11-14(36-20(29)34)10-24-19(33)18(22)23)1-2-16(15)28-5-6-30(35-8-7-28)17(32)3-4-31-26-12-25-27-31/h1-2,9,12,14,18H,3-8,10-11H2,(H,24,33)/t14-/m0/s1. The van der Waals surface area contributed by atoms with E-state index in [-0.39, 0.29) is 56.5 Å². The molecule has 16 heteroatoms. The van der Waals surface area contributed by atoms with Gasteiger partial charge in [0.05, 0.1) is 50.6 Å². The lowest BCUT2D eigenvalue weighted by Crippen LogP contribution is -2.37. The first-order valence-electron chi connectivity index (χ1n) is 11.0. The molecule has 36 heavy (non-hydrogen) atoms. The smallest absolute Gasteiger partial charge is 0.414 e. The zero-order valence-electron chi connectivity index (χ0n) is 18.9. The van der Waals surface area contributed by atoms with Crippen LogP contribution in [0.3, 0.4) is 0 Å². The Morgan fingerprint density at radius 3 is 2.78 bits per heavy atom. The Morgan fingerprint density at radius 2 is 2.06 bits per heavy atom. The molecule has 0 bridgehead atoms. The van der Waals surface area contributed by atoms with Crippen molar-refractivity contribution >= 4 is 29.3 Å². The molecule has 0 unspecified atom stereocenters. The molecule has 2 fully saturated rings. The lowest BCUT2D eigenvalue weighted by atomic mass is 10.2. The van der Waals surface area contributed by atoms with Gasteiger partial charge in [0, 0.05) is 13.1 Å². The molecule has 1 aromatic carbocycles. The van der Waals surface area contributed by atoms with Gasteiger partial charge in [0.15, 0.2) is 6.33 Å². The molecule has 13 nitrogen and oxygen atoms in total. The summed E-state index contributed by atoms with van der Waals surface area (Å²) in [6.07, 6.45) is -3.43. The molecule has 2 saturated heterocycles. The zero-order chi connectivity index (χ0) is 25.7. The summed E-state index contributed by atoms with van der Waals surface area (Å²) in [5.74, 6) is -2.34. The fourth-order valence-corrected chi connectivity index (χ4v) is 3.75. The van der Waals surface area contributed by atoms with E-state index >= 15 is 4.39 Å². The van der Waals surface area contributed by atoms with E-state index in [1.807, 2.05) is 5.32 Å². The number of cyclic esters (lactones) is 1. The predicted molar refractivity (Wildman–Crippen MR) is 115 cm³/mol. The second-order valence-corrected chi connectivity index (χ2v) is 7.90. The first kappa shape index (κ1) is 25.2. The number of benzene rings is 1. The van der Waals surface area contributed by atoms with Crippen LogP contribution in [-0.2, 0) is 25.7 Å². The lowest BCUT2D eigenvalue weighted by Gasteiger charge is -2.24. The number of tetrazole rings is 1. The minimum absolute atomic E-state index is 0.0418. The fourth-order valence-electron chi connectivity index (χ4n) is 3.75. The summed E-state index contributed by atoms with van der Waals surface area (Å²) in [7, 11) is 0. The maximum absolute atomic E-state index is 15.0. The molecule has 194 valence electrons. The van der Waals surface area contributed by atoms with Crippen molar-refractivity contribution in [1.29, 1.82) is 0 Å². The molecule has 0 spiro atoms. The summed E-state index contributed by atoms with van der Waals surface area (Å²) < 4.78 is 44.7. The third-order valence-corrected chi connectivity index (χ3v) is 5.54.